The number of H-pyrrole nitrogens is 1. The van der Waals surface area contributed by atoms with E-state index < -0.39 is 11.9 Å². The standard InChI is InChI=1S/C25H26FN3O2/c1-16(2)23(28-24(30)18-7-9-19(26)10-8-18)25(31)29-13-11-17(12-14-29)21-15-27-22-6-4-3-5-20(21)22/h3-11,15-16,23,27H,12-14H2,1-2H3,(H,28,30). The molecule has 6 heteroatoms. The molecule has 3 aromatic rings. The molecule has 1 atom stereocenters. The molecule has 4 rings (SSSR count). The molecule has 0 aliphatic carbocycles. The number of halogens is 1. The van der Waals surface area contributed by atoms with Gasteiger partial charge in [0.25, 0.3) is 5.91 Å². The molecule has 0 spiro atoms. The van der Waals surface area contributed by atoms with E-state index >= 15 is 0 Å². The highest BCUT2D eigenvalue weighted by Gasteiger charge is 2.30. The fraction of sp³-hybridized carbons (Fsp3) is 0.280. The molecule has 5 nitrogen and oxygen atoms in total. The normalized spacial score (nSPS) is 15.1. The summed E-state index contributed by atoms with van der Waals surface area (Å²) < 4.78 is 13.1. The van der Waals surface area contributed by atoms with E-state index in [9.17, 15) is 14.0 Å². The Labute approximate surface area is 180 Å². The van der Waals surface area contributed by atoms with Gasteiger partial charge in [-0.15, -0.1) is 0 Å². The number of fused-ring (bicyclic) bond motifs is 1. The third-order valence-corrected chi connectivity index (χ3v) is 5.78. The van der Waals surface area contributed by atoms with Gasteiger partial charge in [-0.05, 0) is 48.2 Å². The van der Waals surface area contributed by atoms with Gasteiger partial charge in [0, 0.05) is 41.3 Å². The molecule has 1 unspecified atom stereocenters. The van der Waals surface area contributed by atoms with Crippen LogP contribution in [0.4, 0.5) is 4.39 Å². The third kappa shape index (κ3) is 4.38. The largest absolute Gasteiger partial charge is 0.361 e. The molecule has 2 amide bonds. The van der Waals surface area contributed by atoms with Crippen molar-refractivity contribution in [2.24, 2.45) is 5.92 Å². The van der Waals surface area contributed by atoms with Crippen LogP contribution in [0.1, 0.15) is 36.2 Å². The van der Waals surface area contributed by atoms with Gasteiger partial charge in [0.1, 0.15) is 11.9 Å². The highest BCUT2D eigenvalue weighted by Crippen LogP contribution is 2.29. The molecule has 160 valence electrons. The van der Waals surface area contributed by atoms with Crippen LogP contribution in [0.25, 0.3) is 16.5 Å². The zero-order valence-electron chi connectivity index (χ0n) is 17.7. The van der Waals surface area contributed by atoms with Crippen LogP contribution in [0.15, 0.2) is 60.8 Å². The number of hydrogen-bond acceptors (Lipinski definition) is 2. The Hall–Kier alpha value is -3.41. The topological polar surface area (TPSA) is 65.2 Å². The molecule has 0 saturated carbocycles. The van der Waals surface area contributed by atoms with Crippen molar-refractivity contribution in [3.05, 3.63) is 77.7 Å². The molecule has 0 saturated heterocycles. The Kier molecular flexibility index (Phi) is 5.89. The Morgan fingerprint density at radius 2 is 1.84 bits per heavy atom. The zero-order valence-corrected chi connectivity index (χ0v) is 17.7. The van der Waals surface area contributed by atoms with Gasteiger partial charge in [0.15, 0.2) is 0 Å². The first-order chi connectivity index (χ1) is 14.9. The number of carbonyl (C=O) groups excluding carboxylic acids is 2. The van der Waals surface area contributed by atoms with Crippen LogP contribution < -0.4 is 5.32 Å². The summed E-state index contributed by atoms with van der Waals surface area (Å²) in [5.74, 6) is -0.950. The van der Waals surface area contributed by atoms with Crippen LogP contribution >= 0.6 is 0 Å². The molecule has 2 heterocycles. The Bertz CT molecular complexity index is 1130. The summed E-state index contributed by atoms with van der Waals surface area (Å²) in [7, 11) is 0. The van der Waals surface area contributed by atoms with Crippen molar-refractivity contribution in [2.75, 3.05) is 13.1 Å². The number of nitrogens with one attached hydrogen (secondary N) is 2. The van der Waals surface area contributed by atoms with Gasteiger partial charge in [0.05, 0.1) is 0 Å². The number of hydrogen-bond donors (Lipinski definition) is 2. The number of aromatic nitrogens is 1. The van der Waals surface area contributed by atoms with E-state index in [1.165, 1.54) is 40.8 Å². The maximum atomic E-state index is 13.2. The maximum absolute atomic E-state index is 13.2. The summed E-state index contributed by atoms with van der Waals surface area (Å²) in [6.07, 6.45) is 4.87. The molecule has 31 heavy (non-hydrogen) atoms. The molecule has 2 N–H and O–H groups in total. The van der Waals surface area contributed by atoms with Crippen LogP contribution in [0.5, 0.6) is 0 Å². The van der Waals surface area contributed by atoms with Crippen molar-refractivity contribution >= 4 is 28.3 Å². The van der Waals surface area contributed by atoms with Crippen molar-refractivity contribution in [3.8, 4) is 0 Å². The third-order valence-electron chi connectivity index (χ3n) is 5.78. The van der Waals surface area contributed by atoms with E-state index in [4.69, 9.17) is 0 Å². The van der Waals surface area contributed by atoms with Gasteiger partial charge in [0.2, 0.25) is 5.91 Å². The summed E-state index contributed by atoms with van der Waals surface area (Å²) in [6.45, 7) is 4.92. The van der Waals surface area contributed by atoms with Gasteiger partial charge in [-0.25, -0.2) is 4.39 Å². The molecular weight excluding hydrogens is 393 g/mol. The van der Waals surface area contributed by atoms with E-state index in [1.807, 2.05) is 32.2 Å². The van der Waals surface area contributed by atoms with Crippen LogP contribution in [-0.2, 0) is 4.79 Å². The van der Waals surface area contributed by atoms with Crippen molar-refractivity contribution in [1.82, 2.24) is 15.2 Å². The summed E-state index contributed by atoms with van der Waals surface area (Å²) in [5.41, 5.74) is 3.82. The minimum atomic E-state index is -0.638. The first-order valence-electron chi connectivity index (χ1n) is 10.5. The van der Waals surface area contributed by atoms with E-state index in [-0.39, 0.29) is 17.7 Å². The maximum Gasteiger partial charge on any atom is 0.251 e. The monoisotopic (exact) mass is 419 g/mol. The van der Waals surface area contributed by atoms with Crippen molar-refractivity contribution in [3.63, 3.8) is 0 Å². The molecule has 1 aromatic heterocycles. The van der Waals surface area contributed by atoms with Gasteiger partial charge >= 0.3 is 0 Å². The Morgan fingerprint density at radius 3 is 2.52 bits per heavy atom. The van der Waals surface area contributed by atoms with Crippen molar-refractivity contribution < 1.29 is 14.0 Å². The average molecular weight is 420 g/mol. The lowest BCUT2D eigenvalue weighted by atomic mass is 9.97. The van der Waals surface area contributed by atoms with E-state index in [1.54, 1.807) is 4.90 Å². The highest BCUT2D eigenvalue weighted by atomic mass is 19.1. The lowest BCUT2D eigenvalue weighted by molar-refractivity contribution is -0.133. The fourth-order valence-corrected chi connectivity index (χ4v) is 3.99. The number of aromatic amines is 1. The second kappa shape index (κ2) is 8.76. The summed E-state index contributed by atoms with van der Waals surface area (Å²) in [4.78, 5) is 30.8. The summed E-state index contributed by atoms with van der Waals surface area (Å²) in [6, 6.07) is 12.9. The first kappa shape index (κ1) is 20.8. The number of carbonyl (C=O) groups is 2. The highest BCUT2D eigenvalue weighted by molar-refractivity contribution is 5.98. The average Bonchev–Trinajstić information content (AvgIpc) is 3.21. The Balaban J connectivity index is 1.46. The molecular formula is C25H26FN3O2. The van der Waals surface area contributed by atoms with Crippen LogP contribution in [0.2, 0.25) is 0 Å². The minimum Gasteiger partial charge on any atom is -0.361 e. The SMILES string of the molecule is CC(C)C(NC(=O)c1ccc(F)cc1)C(=O)N1CC=C(c2c[nH]c3ccccc23)CC1. The molecule has 0 bridgehead atoms. The van der Waals surface area contributed by atoms with E-state index in [2.05, 4.69) is 28.5 Å². The molecule has 1 aliphatic heterocycles. The zero-order chi connectivity index (χ0) is 22.0. The van der Waals surface area contributed by atoms with Crippen LogP contribution in [0, 0.1) is 11.7 Å². The summed E-state index contributed by atoms with van der Waals surface area (Å²) in [5, 5.41) is 4.01. The van der Waals surface area contributed by atoms with Gasteiger partial charge in [-0.1, -0.05) is 38.1 Å². The predicted octanol–water partition coefficient (Wildman–Crippen LogP) is 4.38. The van der Waals surface area contributed by atoms with Crippen molar-refractivity contribution in [2.45, 2.75) is 26.3 Å². The Morgan fingerprint density at radius 1 is 1.10 bits per heavy atom. The molecule has 1 aliphatic rings. The van der Waals surface area contributed by atoms with E-state index in [0.29, 0.717) is 18.7 Å². The minimum absolute atomic E-state index is 0.0732. The smallest absolute Gasteiger partial charge is 0.251 e. The van der Waals surface area contributed by atoms with Crippen molar-refractivity contribution in [1.29, 1.82) is 0 Å². The molecule has 2 aromatic carbocycles. The van der Waals surface area contributed by atoms with Crippen LogP contribution in [0.3, 0.4) is 0 Å². The van der Waals surface area contributed by atoms with Gasteiger partial charge < -0.3 is 15.2 Å². The fourth-order valence-electron chi connectivity index (χ4n) is 3.99. The first-order valence-corrected chi connectivity index (χ1v) is 10.5. The number of amides is 2. The van der Waals surface area contributed by atoms with E-state index in [0.717, 1.165) is 11.9 Å². The number of benzene rings is 2. The van der Waals surface area contributed by atoms with Crippen LogP contribution in [-0.4, -0.2) is 40.8 Å². The number of para-hydroxylation sites is 1. The lowest BCUT2D eigenvalue weighted by Crippen LogP contribution is -2.52. The second-order valence-electron chi connectivity index (χ2n) is 8.21. The number of nitrogens with zero attached hydrogens (tertiary/aromatic N) is 1. The predicted molar refractivity (Wildman–Crippen MR) is 120 cm³/mol. The molecule has 0 fully saturated rings. The second-order valence-corrected chi connectivity index (χ2v) is 8.21. The van der Waals surface area contributed by atoms with Gasteiger partial charge in [-0.3, -0.25) is 9.59 Å². The van der Waals surface area contributed by atoms with Gasteiger partial charge in [-0.2, -0.15) is 0 Å². The lowest BCUT2D eigenvalue weighted by Gasteiger charge is -2.32. The summed E-state index contributed by atoms with van der Waals surface area (Å²) >= 11 is 0. The number of rotatable bonds is 5. The quantitative estimate of drug-likeness (QED) is 0.645. The molecule has 0 radical (unpaired) electrons.